The molecule has 1 rings (SSSR count). The highest BCUT2D eigenvalue weighted by Gasteiger charge is 2.29. The number of hydrogen-bond donors (Lipinski definition) is 4. The number of carbonyl (C=O) groups excluding carboxylic acids is 2. The highest BCUT2D eigenvalue weighted by Crippen LogP contribution is 2.09. The van der Waals surface area contributed by atoms with Crippen LogP contribution >= 0.6 is 0 Å². The number of nitrogens with zero attached hydrogens (tertiary/aromatic N) is 2. The number of aliphatic hydroxyl groups excluding tert-OH is 3. The molecule has 9 nitrogen and oxygen atoms in total. The lowest BCUT2D eigenvalue weighted by Gasteiger charge is -2.32. The van der Waals surface area contributed by atoms with Gasteiger partial charge in [0.25, 0.3) is 0 Å². The largest absolute Gasteiger partial charge is 0.388 e. The molecule has 0 aromatic rings. The van der Waals surface area contributed by atoms with Gasteiger partial charge in [0, 0.05) is 39.7 Å². The van der Waals surface area contributed by atoms with Crippen LogP contribution < -0.4 is 5.73 Å². The van der Waals surface area contributed by atoms with Crippen LogP contribution in [-0.2, 0) is 14.3 Å². The van der Waals surface area contributed by atoms with Crippen molar-refractivity contribution in [3.63, 3.8) is 0 Å². The van der Waals surface area contributed by atoms with Crippen molar-refractivity contribution in [1.29, 1.82) is 0 Å². The van der Waals surface area contributed by atoms with Gasteiger partial charge in [-0.3, -0.25) is 9.59 Å². The Morgan fingerprint density at radius 3 is 2.26 bits per heavy atom. The third-order valence-corrected chi connectivity index (χ3v) is 4.85. The van der Waals surface area contributed by atoms with Crippen LogP contribution in [0.3, 0.4) is 0 Å². The lowest BCUT2D eigenvalue weighted by Crippen LogP contribution is -2.51. The Morgan fingerprint density at radius 2 is 1.67 bits per heavy atom. The summed E-state index contributed by atoms with van der Waals surface area (Å²) >= 11 is 0. The highest BCUT2D eigenvalue weighted by atomic mass is 16.5. The first kappa shape index (κ1) is 23.8. The molecule has 27 heavy (non-hydrogen) atoms. The minimum atomic E-state index is -1.43. The third kappa shape index (κ3) is 7.71. The van der Waals surface area contributed by atoms with Crippen LogP contribution in [0.1, 0.15) is 33.6 Å². The lowest BCUT2D eigenvalue weighted by molar-refractivity contribution is -0.138. The van der Waals surface area contributed by atoms with E-state index in [0.29, 0.717) is 26.0 Å². The Kier molecular flexibility index (Phi) is 10.2. The van der Waals surface area contributed by atoms with Crippen molar-refractivity contribution in [2.24, 2.45) is 11.7 Å². The summed E-state index contributed by atoms with van der Waals surface area (Å²) in [7, 11) is 0. The van der Waals surface area contributed by atoms with E-state index in [1.54, 1.807) is 4.90 Å². The van der Waals surface area contributed by atoms with E-state index < -0.39 is 24.4 Å². The van der Waals surface area contributed by atoms with Crippen LogP contribution in [0.2, 0.25) is 0 Å². The molecule has 5 N–H and O–H groups in total. The van der Waals surface area contributed by atoms with Crippen LogP contribution in [0.5, 0.6) is 0 Å². The Labute approximate surface area is 161 Å². The number of nitrogens with two attached hydrogens (primary N) is 1. The van der Waals surface area contributed by atoms with E-state index in [0.717, 1.165) is 0 Å². The fraction of sp³-hybridized carbons (Fsp3) is 0.889. The molecule has 4 atom stereocenters. The van der Waals surface area contributed by atoms with Crippen LogP contribution in [0.4, 0.5) is 0 Å². The van der Waals surface area contributed by atoms with Crippen molar-refractivity contribution in [3.8, 4) is 0 Å². The topological polar surface area (TPSA) is 137 Å². The lowest BCUT2D eigenvalue weighted by atomic mass is 10.0. The molecular weight excluding hydrogens is 354 g/mol. The van der Waals surface area contributed by atoms with Gasteiger partial charge in [-0.2, -0.15) is 0 Å². The molecule has 0 aromatic heterocycles. The van der Waals surface area contributed by atoms with Gasteiger partial charge in [0.05, 0.1) is 12.6 Å². The van der Waals surface area contributed by atoms with Crippen LogP contribution in [-0.4, -0.2) is 101 Å². The molecule has 0 aliphatic carbocycles. The van der Waals surface area contributed by atoms with Crippen molar-refractivity contribution < 1.29 is 29.6 Å². The average Bonchev–Trinajstić information content (AvgIpc) is 2.62. The van der Waals surface area contributed by atoms with Gasteiger partial charge in [0.1, 0.15) is 18.3 Å². The van der Waals surface area contributed by atoms with Crippen molar-refractivity contribution in [2.75, 3.05) is 39.4 Å². The smallest absolute Gasteiger partial charge is 0.239 e. The monoisotopic (exact) mass is 389 g/mol. The molecule has 0 bridgehead atoms. The van der Waals surface area contributed by atoms with Gasteiger partial charge in [-0.15, -0.1) is 0 Å². The summed E-state index contributed by atoms with van der Waals surface area (Å²) < 4.78 is 5.34. The summed E-state index contributed by atoms with van der Waals surface area (Å²) in [5.74, 6) is -0.464. The first-order chi connectivity index (χ1) is 12.6. The molecule has 0 aromatic carbocycles. The summed E-state index contributed by atoms with van der Waals surface area (Å²) in [5, 5.41) is 30.1. The fourth-order valence-electron chi connectivity index (χ4n) is 2.85. The van der Waals surface area contributed by atoms with Gasteiger partial charge in [0.2, 0.25) is 11.8 Å². The van der Waals surface area contributed by atoms with Gasteiger partial charge in [-0.05, 0) is 18.8 Å². The van der Waals surface area contributed by atoms with Crippen molar-refractivity contribution in [3.05, 3.63) is 0 Å². The van der Waals surface area contributed by atoms with Crippen molar-refractivity contribution in [1.82, 2.24) is 9.80 Å². The van der Waals surface area contributed by atoms with Crippen molar-refractivity contribution in [2.45, 2.75) is 58.0 Å². The Bertz CT molecular complexity index is 476. The number of rotatable bonds is 2. The highest BCUT2D eigenvalue weighted by molar-refractivity contribution is 5.82. The summed E-state index contributed by atoms with van der Waals surface area (Å²) in [6.45, 7) is 6.21. The second kappa shape index (κ2) is 11.6. The molecule has 1 aliphatic heterocycles. The maximum Gasteiger partial charge on any atom is 0.239 e. The zero-order chi connectivity index (χ0) is 20.6. The Hall–Kier alpha value is -1.26. The molecule has 0 spiro atoms. The van der Waals surface area contributed by atoms with Crippen LogP contribution in [0.15, 0.2) is 0 Å². The molecule has 158 valence electrons. The van der Waals surface area contributed by atoms with Gasteiger partial charge >= 0.3 is 0 Å². The minimum Gasteiger partial charge on any atom is -0.388 e. The van der Waals surface area contributed by atoms with E-state index in [1.807, 2.05) is 13.8 Å². The fourth-order valence-corrected chi connectivity index (χ4v) is 2.85. The SMILES string of the molecule is CC(=O)N1CCN(C(=O)[C@H](N)C(C)C)CCCCOC[C@@H](O)[C@H](O)[C@@H](O)C1. The average molecular weight is 389 g/mol. The maximum absolute atomic E-state index is 12.7. The number of ether oxygens (including phenoxy) is 1. The molecule has 1 saturated heterocycles. The molecule has 1 heterocycles. The van der Waals surface area contributed by atoms with E-state index in [1.165, 1.54) is 11.8 Å². The molecule has 0 unspecified atom stereocenters. The first-order valence-corrected chi connectivity index (χ1v) is 9.57. The normalized spacial score (nSPS) is 27.9. The Morgan fingerprint density at radius 1 is 1.04 bits per heavy atom. The predicted octanol–water partition coefficient (Wildman–Crippen LogP) is -1.46. The van der Waals surface area contributed by atoms with Gasteiger partial charge in [-0.1, -0.05) is 13.8 Å². The third-order valence-electron chi connectivity index (χ3n) is 4.85. The molecule has 2 amide bonds. The summed E-state index contributed by atoms with van der Waals surface area (Å²) in [4.78, 5) is 27.6. The second-order valence-corrected chi connectivity index (χ2v) is 7.47. The van der Waals surface area contributed by atoms with E-state index in [-0.39, 0.29) is 44.0 Å². The van der Waals surface area contributed by atoms with E-state index >= 15 is 0 Å². The number of hydrogen-bond acceptors (Lipinski definition) is 7. The number of carbonyl (C=O) groups is 2. The summed E-state index contributed by atoms with van der Waals surface area (Å²) in [6, 6.07) is -0.617. The summed E-state index contributed by atoms with van der Waals surface area (Å²) in [6.07, 6.45) is -2.63. The number of aliphatic hydroxyl groups is 3. The molecule has 0 saturated carbocycles. The molecule has 9 heteroatoms. The number of amides is 2. The van der Waals surface area contributed by atoms with E-state index in [9.17, 15) is 24.9 Å². The molecule has 1 fully saturated rings. The van der Waals surface area contributed by atoms with Crippen molar-refractivity contribution >= 4 is 11.8 Å². The summed E-state index contributed by atoms with van der Waals surface area (Å²) in [5.41, 5.74) is 6.01. The molecular formula is C18H35N3O6. The van der Waals surface area contributed by atoms with Gasteiger partial charge < -0.3 is 35.6 Å². The predicted molar refractivity (Wildman–Crippen MR) is 99.7 cm³/mol. The zero-order valence-electron chi connectivity index (χ0n) is 16.6. The molecule has 1 aliphatic rings. The second-order valence-electron chi connectivity index (χ2n) is 7.47. The maximum atomic E-state index is 12.7. The van der Waals surface area contributed by atoms with E-state index in [2.05, 4.69) is 0 Å². The first-order valence-electron chi connectivity index (χ1n) is 9.57. The van der Waals surface area contributed by atoms with Gasteiger partial charge in [0.15, 0.2) is 0 Å². The minimum absolute atomic E-state index is 0.00343. The Balaban J connectivity index is 2.89. The van der Waals surface area contributed by atoms with Crippen LogP contribution in [0.25, 0.3) is 0 Å². The van der Waals surface area contributed by atoms with Crippen LogP contribution in [0, 0.1) is 5.92 Å². The zero-order valence-corrected chi connectivity index (χ0v) is 16.6. The van der Waals surface area contributed by atoms with E-state index in [4.69, 9.17) is 10.5 Å². The quantitative estimate of drug-likeness (QED) is 0.453. The number of β-amino-alcohol motifs (C(OH)–C–C–N with tert-alkyl or cyclic N) is 1. The standard InChI is InChI=1S/C18H35N3O6/c1-12(2)16(19)18(26)20-6-4-5-9-27-11-15(24)17(25)14(23)10-21(8-7-20)13(3)22/h12,14-17,23-25H,4-11,19H2,1-3H3/t14-,15+,16+,17+/m0/s1. The van der Waals surface area contributed by atoms with Gasteiger partial charge in [-0.25, -0.2) is 0 Å². The molecule has 0 radical (unpaired) electrons.